The molecular formula is C10H15BrCl2N2. The van der Waals surface area contributed by atoms with Crippen LogP contribution in [0.2, 0.25) is 5.02 Å². The van der Waals surface area contributed by atoms with Gasteiger partial charge in [-0.05, 0) is 43.1 Å². The van der Waals surface area contributed by atoms with Gasteiger partial charge in [0, 0.05) is 15.5 Å². The van der Waals surface area contributed by atoms with Crippen LogP contribution in [0.4, 0.5) is 0 Å². The first-order valence-corrected chi connectivity index (χ1v) is 5.73. The van der Waals surface area contributed by atoms with Gasteiger partial charge in [-0.1, -0.05) is 27.5 Å². The Bertz CT molecular complexity index is 307. The first-order valence-electron chi connectivity index (χ1n) is 4.55. The molecule has 1 atom stereocenters. The smallest absolute Gasteiger partial charge is 0.0454 e. The lowest BCUT2D eigenvalue weighted by Crippen LogP contribution is -2.13. The van der Waals surface area contributed by atoms with E-state index in [1.807, 2.05) is 18.2 Å². The second-order valence-corrected chi connectivity index (χ2v) is 4.53. The fraction of sp³-hybridized carbons (Fsp3) is 0.400. The van der Waals surface area contributed by atoms with Crippen molar-refractivity contribution >= 4 is 39.9 Å². The Morgan fingerprint density at radius 2 is 2.07 bits per heavy atom. The van der Waals surface area contributed by atoms with Gasteiger partial charge in [-0.15, -0.1) is 12.4 Å². The molecule has 4 N–H and O–H groups in total. The summed E-state index contributed by atoms with van der Waals surface area (Å²) in [5, 5.41) is 0.720. The SMILES string of the molecule is Cl.NCCC[C@H](N)c1cc(Br)ccc1Cl. The van der Waals surface area contributed by atoms with E-state index in [4.69, 9.17) is 23.1 Å². The summed E-state index contributed by atoms with van der Waals surface area (Å²) >= 11 is 9.43. The zero-order chi connectivity index (χ0) is 10.6. The molecule has 0 heterocycles. The van der Waals surface area contributed by atoms with Crippen LogP contribution in [0.15, 0.2) is 22.7 Å². The van der Waals surface area contributed by atoms with Crippen LogP contribution in [-0.4, -0.2) is 6.54 Å². The van der Waals surface area contributed by atoms with E-state index in [1.165, 1.54) is 0 Å². The van der Waals surface area contributed by atoms with Crippen molar-refractivity contribution in [1.82, 2.24) is 0 Å². The van der Waals surface area contributed by atoms with Gasteiger partial charge in [0.05, 0.1) is 0 Å². The van der Waals surface area contributed by atoms with Crippen molar-refractivity contribution in [3.63, 3.8) is 0 Å². The molecule has 0 spiro atoms. The summed E-state index contributed by atoms with van der Waals surface area (Å²) in [7, 11) is 0. The third kappa shape index (κ3) is 4.70. The van der Waals surface area contributed by atoms with Crippen LogP contribution in [0.5, 0.6) is 0 Å². The molecule has 0 aromatic heterocycles. The van der Waals surface area contributed by atoms with Gasteiger partial charge < -0.3 is 11.5 Å². The van der Waals surface area contributed by atoms with Gasteiger partial charge in [-0.3, -0.25) is 0 Å². The molecule has 0 fully saturated rings. The highest BCUT2D eigenvalue weighted by Gasteiger charge is 2.09. The average molecular weight is 314 g/mol. The first kappa shape index (κ1) is 15.2. The molecule has 1 rings (SSSR count). The first-order chi connectivity index (χ1) is 6.65. The van der Waals surface area contributed by atoms with Crippen LogP contribution in [0, 0.1) is 0 Å². The fourth-order valence-corrected chi connectivity index (χ4v) is 1.93. The maximum atomic E-state index is 6.04. The van der Waals surface area contributed by atoms with E-state index in [0.29, 0.717) is 6.54 Å². The maximum absolute atomic E-state index is 6.04. The summed E-state index contributed by atoms with van der Waals surface area (Å²) in [6.45, 7) is 0.666. The van der Waals surface area contributed by atoms with Gasteiger partial charge in [0.1, 0.15) is 0 Å². The zero-order valence-electron chi connectivity index (χ0n) is 8.25. The number of hydrogen-bond acceptors (Lipinski definition) is 2. The molecule has 2 nitrogen and oxygen atoms in total. The topological polar surface area (TPSA) is 52.0 Å². The Morgan fingerprint density at radius 1 is 1.40 bits per heavy atom. The van der Waals surface area contributed by atoms with Crippen molar-refractivity contribution in [3.8, 4) is 0 Å². The van der Waals surface area contributed by atoms with Gasteiger partial charge in [0.2, 0.25) is 0 Å². The molecule has 5 heteroatoms. The van der Waals surface area contributed by atoms with Crippen LogP contribution in [-0.2, 0) is 0 Å². The summed E-state index contributed by atoms with van der Waals surface area (Å²) in [4.78, 5) is 0. The minimum atomic E-state index is -0.0245. The number of nitrogens with two attached hydrogens (primary N) is 2. The highest BCUT2D eigenvalue weighted by atomic mass is 79.9. The molecule has 0 saturated heterocycles. The van der Waals surface area contributed by atoms with Crippen LogP contribution in [0.3, 0.4) is 0 Å². The highest BCUT2D eigenvalue weighted by molar-refractivity contribution is 9.10. The molecule has 0 aliphatic heterocycles. The van der Waals surface area contributed by atoms with E-state index in [9.17, 15) is 0 Å². The lowest BCUT2D eigenvalue weighted by atomic mass is 10.0. The highest BCUT2D eigenvalue weighted by Crippen LogP contribution is 2.27. The van der Waals surface area contributed by atoms with E-state index in [0.717, 1.165) is 27.9 Å². The third-order valence-corrected chi connectivity index (χ3v) is 2.91. The van der Waals surface area contributed by atoms with Gasteiger partial charge in [-0.25, -0.2) is 0 Å². The summed E-state index contributed by atoms with van der Waals surface area (Å²) in [6, 6.07) is 5.69. The summed E-state index contributed by atoms with van der Waals surface area (Å²) in [5.74, 6) is 0. The molecule has 0 unspecified atom stereocenters. The van der Waals surface area contributed by atoms with Crippen LogP contribution in [0.25, 0.3) is 0 Å². The van der Waals surface area contributed by atoms with Crippen molar-refractivity contribution < 1.29 is 0 Å². The summed E-state index contributed by atoms with van der Waals surface area (Å²) in [6.07, 6.45) is 1.79. The molecule has 0 bridgehead atoms. The average Bonchev–Trinajstić information content (AvgIpc) is 2.18. The van der Waals surface area contributed by atoms with Crippen LogP contribution < -0.4 is 11.5 Å². The van der Waals surface area contributed by atoms with Crippen LogP contribution >= 0.6 is 39.9 Å². The van der Waals surface area contributed by atoms with Gasteiger partial charge in [0.25, 0.3) is 0 Å². The number of rotatable bonds is 4. The Morgan fingerprint density at radius 3 is 2.67 bits per heavy atom. The van der Waals surface area contributed by atoms with Crippen molar-refractivity contribution in [2.24, 2.45) is 11.5 Å². The van der Waals surface area contributed by atoms with E-state index in [-0.39, 0.29) is 18.4 Å². The Labute approximate surface area is 110 Å². The van der Waals surface area contributed by atoms with Gasteiger partial charge >= 0.3 is 0 Å². The fourth-order valence-electron chi connectivity index (χ4n) is 1.29. The normalized spacial score (nSPS) is 12.0. The van der Waals surface area contributed by atoms with Crippen molar-refractivity contribution in [2.45, 2.75) is 18.9 Å². The van der Waals surface area contributed by atoms with E-state index in [1.54, 1.807) is 0 Å². The second kappa shape index (κ2) is 7.47. The minimum absolute atomic E-state index is 0. The lowest BCUT2D eigenvalue weighted by molar-refractivity contribution is 0.618. The number of hydrogen-bond donors (Lipinski definition) is 2. The largest absolute Gasteiger partial charge is 0.330 e. The molecule has 86 valence electrons. The number of halogens is 3. The summed E-state index contributed by atoms with van der Waals surface area (Å²) < 4.78 is 1.00. The predicted octanol–water partition coefficient (Wildman–Crippen LogP) is 3.26. The van der Waals surface area contributed by atoms with E-state index >= 15 is 0 Å². The Balaban J connectivity index is 0.00000196. The van der Waals surface area contributed by atoms with Gasteiger partial charge in [-0.2, -0.15) is 0 Å². The Kier molecular flexibility index (Phi) is 7.57. The molecule has 1 aromatic carbocycles. The van der Waals surface area contributed by atoms with Crippen molar-refractivity contribution in [2.75, 3.05) is 6.54 Å². The molecule has 0 amide bonds. The van der Waals surface area contributed by atoms with E-state index < -0.39 is 0 Å². The molecule has 1 aromatic rings. The standard InChI is InChI=1S/C10H14BrClN2.ClH/c11-7-3-4-9(12)8(6-7)10(14)2-1-5-13;/h3-4,6,10H,1-2,5,13-14H2;1H/t10-;/m0./s1. The number of benzene rings is 1. The maximum Gasteiger partial charge on any atom is 0.0454 e. The van der Waals surface area contributed by atoms with Crippen molar-refractivity contribution in [3.05, 3.63) is 33.3 Å². The Hall–Kier alpha value is 0.200. The lowest BCUT2D eigenvalue weighted by Gasteiger charge is -2.13. The predicted molar refractivity (Wildman–Crippen MR) is 71.6 cm³/mol. The third-order valence-electron chi connectivity index (χ3n) is 2.08. The van der Waals surface area contributed by atoms with Gasteiger partial charge in [0.15, 0.2) is 0 Å². The van der Waals surface area contributed by atoms with Crippen LogP contribution in [0.1, 0.15) is 24.4 Å². The summed E-state index contributed by atoms with van der Waals surface area (Å²) in [5.41, 5.74) is 12.4. The molecule has 15 heavy (non-hydrogen) atoms. The minimum Gasteiger partial charge on any atom is -0.330 e. The van der Waals surface area contributed by atoms with Crippen molar-refractivity contribution in [1.29, 1.82) is 0 Å². The second-order valence-electron chi connectivity index (χ2n) is 3.20. The molecule has 0 aliphatic rings. The van der Waals surface area contributed by atoms with E-state index in [2.05, 4.69) is 15.9 Å². The quantitative estimate of drug-likeness (QED) is 0.896. The molecule has 0 radical (unpaired) electrons. The monoisotopic (exact) mass is 312 g/mol. The molecular weight excluding hydrogens is 299 g/mol. The molecule has 0 saturated carbocycles. The molecule has 0 aliphatic carbocycles. The zero-order valence-corrected chi connectivity index (χ0v) is 11.4.